The molecule has 148 valence electrons. The van der Waals surface area contributed by atoms with Gasteiger partial charge < -0.3 is 14.7 Å². The molecule has 0 aromatic carbocycles. The van der Waals surface area contributed by atoms with Crippen LogP contribution < -0.4 is 9.80 Å². The Morgan fingerprint density at radius 1 is 0.857 bits per heavy atom. The zero-order chi connectivity index (χ0) is 19.3. The van der Waals surface area contributed by atoms with Gasteiger partial charge in [0.15, 0.2) is 0 Å². The van der Waals surface area contributed by atoms with Crippen LogP contribution in [-0.2, 0) is 0 Å². The van der Waals surface area contributed by atoms with Gasteiger partial charge in [-0.05, 0) is 25.8 Å². The lowest BCUT2D eigenvalue weighted by Crippen LogP contribution is -2.49. The first-order valence-corrected chi connectivity index (χ1v) is 10.1. The van der Waals surface area contributed by atoms with Crippen LogP contribution >= 0.6 is 0 Å². The molecule has 2 aliphatic rings. The average molecular weight is 381 g/mol. The number of carbonyl (C=O) groups excluding carboxylic acids is 1. The van der Waals surface area contributed by atoms with E-state index in [2.05, 4.69) is 29.7 Å². The molecule has 4 heterocycles. The molecule has 0 radical (unpaired) electrons. The predicted molar refractivity (Wildman–Crippen MR) is 108 cm³/mol. The number of amides is 1. The molecule has 0 aliphatic carbocycles. The number of rotatable bonds is 3. The highest BCUT2D eigenvalue weighted by molar-refractivity contribution is 5.93. The monoisotopic (exact) mass is 381 g/mol. The standard InChI is InChI=1S/C20H27N7O/c1-16-23-17(15-18(24-16)25-9-4-2-3-5-10-25)19(28)26-11-13-27(14-12-26)20-21-7-6-8-22-20/h6-8,15H,2-5,9-14H2,1H3. The van der Waals surface area contributed by atoms with Gasteiger partial charge in [-0.25, -0.2) is 19.9 Å². The molecule has 2 fully saturated rings. The maximum Gasteiger partial charge on any atom is 0.272 e. The van der Waals surface area contributed by atoms with E-state index < -0.39 is 0 Å². The third-order valence-corrected chi connectivity index (χ3v) is 5.38. The Kier molecular flexibility index (Phi) is 5.64. The molecule has 2 aromatic rings. The van der Waals surface area contributed by atoms with E-state index in [-0.39, 0.29) is 5.91 Å². The molecule has 0 saturated carbocycles. The van der Waals surface area contributed by atoms with E-state index in [1.54, 1.807) is 12.4 Å². The van der Waals surface area contributed by atoms with Crippen molar-refractivity contribution in [1.82, 2.24) is 24.8 Å². The molecule has 8 nitrogen and oxygen atoms in total. The minimum absolute atomic E-state index is 0.0183. The van der Waals surface area contributed by atoms with E-state index in [4.69, 9.17) is 0 Å². The quantitative estimate of drug-likeness (QED) is 0.804. The van der Waals surface area contributed by atoms with Crippen LogP contribution in [-0.4, -0.2) is 70.0 Å². The van der Waals surface area contributed by atoms with Crippen molar-refractivity contribution in [2.75, 3.05) is 49.1 Å². The van der Waals surface area contributed by atoms with Crippen LogP contribution in [0.5, 0.6) is 0 Å². The van der Waals surface area contributed by atoms with Crippen LogP contribution in [0.4, 0.5) is 11.8 Å². The summed E-state index contributed by atoms with van der Waals surface area (Å²) in [4.78, 5) is 37.0. The summed E-state index contributed by atoms with van der Waals surface area (Å²) in [5.41, 5.74) is 0.496. The molecule has 0 N–H and O–H groups in total. The van der Waals surface area contributed by atoms with Crippen molar-refractivity contribution in [2.45, 2.75) is 32.6 Å². The van der Waals surface area contributed by atoms with Gasteiger partial charge in [0.1, 0.15) is 17.3 Å². The number of hydrogen-bond donors (Lipinski definition) is 0. The summed E-state index contributed by atoms with van der Waals surface area (Å²) in [6.45, 7) is 6.58. The van der Waals surface area contributed by atoms with Crippen molar-refractivity contribution >= 4 is 17.7 Å². The third-order valence-electron chi connectivity index (χ3n) is 5.38. The number of hydrogen-bond acceptors (Lipinski definition) is 7. The first kappa shape index (κ1) is 18.6. The lowest BCUT2D eigenvalue weighted by Gasteiger charge is -2.34. The summed E-state index contributed by atoms with van der Waals surface area (Å²) < 4.78 is 0. The largest absolute Gasteiger partial charge is 0.356 e. The van der Waals surface area contributed by atoms with E-state index in [0.717, 1.165) is 37.9 Å². The molecule has 2 saturated heterocycles. The topological polar surface area (TPSA) is 78.4 Å². The molecule has 0 bridgehead atoms. The predicted octanol–water partition coefficient (Wildman–Crippen LogP) is 1.92. The van der Waals surface area contributed by atoms with Crippen molar-refractivity contribution in [3.05, 3.63) is 36.0 Å². The normalized spacial score (nSPS) is 18.1. The molecule has 2 aliphatic heterocycles. The van der Waals surface area contributed by atoms with E-state index in [1.165, 1.54) is 25.7 Å². The summed E-state index contributed by atoms with van der Waals surface area (Å²) >= 11 is 0. The smallest absolute Gasteiger partial charge is 0.272 e. The summed E-state index contributed by atoms with van der Waals surface area (Å²) in [5, 5.41) is 0. The molecule has 0 unspecified atom stereocenters. The van der Waals surface area contributed by atoms with E-state index >= 15 is 0 Å². The summed E-state index contributed by atoms with van der Waals surface area (Å²) in [6.07, 6.45) is 8.37. The van der Waals surface area contributed by atoms with Crippen molar-refractivity contribution in [1.29, 1.82) is 0 Å². The van der Waals surface area contributed by atoms with E-state index in [1.807, 2.05) is 24.0 Å². The molecule has 1 amide bonds. The number of aryl methyl sites for hydroxylation is 1. The van der Waals surface area contributed by atoms with Gasteiger partial charge in [-0.1, -0.05) is 12.8 Å². The number of piperazine rings is 1. The van der Waals surface area contributed by atoms with Crippen molar-refractivity contribution in [2.24, 2.45) is 0 Å². The molecule has 2 aromatic heterocycles. The first-order chi connectivity index (χ1) is 13.7. The van der Waals surface area contributed by atoms with Crippen molar-refractivity contribution < 1.29 is 4.79 Å². The molecular formula is C20H27N7O. The second kappa shape index (κ2) is 8.50. The second-order valence-electron chi connectivity index (χ2n) is 7.39. The number of nitrogens with zero attached hydrogens (tertiary/aromatic N) is 7. The number of carbonyl (C=O) groups is 1. The molecule has 0 spiro atoms. The number of aromatic nitrogens is 4. The van der Waals surface area contributed by atoms with Gasteiger partial charge in [0.2, 0.25) is 5.95 Å². The van der Waals surface area contributed by atoms with Gasteiger partial charge in [0, 0.05) is 57.7 Å². The number of anilines is 2. The van der Waals surface area contributed by atoms with Crippen LogP contribution in [0.2, 0.25) is 0 Å². The van der Waals surface area contributed by atoms with Gasteiger partial charge in [-0.15, -0.1) is 0 Å². The Morgan fingerprint density at radius 2 is 1.54 bits per heavy atom. The fourth-order valence-corrected chi connectivity index (χ4v) is 3.85. The van der Waals surface area contributed by atoms with Gasteiger partial charge in [0.05, 0.1) is 0 Å². The van der Waals surface area contributed by atoms with Crippen LogP contribution in [0, 0.1) is 6.92 Å². The van der Waals surface area contributed by atoms with Crippen LogP contribution in [0.25, 0.3) is 0 Å². The highest BCUT2D eigenvalue weighted by Crippen LogP contribution is 2.20. The van der Waals surface area contributed by atoms with E-state index in [9.17, 15) is 4.79 Å². The Morgan fingerprint density at radius 3 is 2.21 bits per heavy atom. The molecule has 8 heteroatoms. The Bertz CT molecular complexity index is 797. The van der Waals surface area contributed by atoms with Gasteiger partial charge in [0.25, 0.3) is 5.91 Å². The molecule has 4 rings (SSSR count). The maximum atomic E-state index is 13.1. The summed E-state index contributed by atoms with van der Waals surface area (Å²) in [5.74, 6) is 2.24. The minimum atomic E-state index is -0.0183. The second-order valence-corrected chi connectivity index (χ2v) is 7.39. The lowest BCUT2D eigenvalue weighted by molar-refractivity contribution is 0.0740. The maximum absolute atomic E-state index is 13.1. The fraction of sp³-hybridized carbons (Fsp3) is 0.550. The summed E-state index contributed by atoms with van der Waals surface area (Å²) in [6, 6.07) is 3.68. The Labute approximate surface area is 165 Å². The van der Waals surface area contributed by atoms with Gasteiger partial charge in [-0.2, -0.15) is 0 Å². The summed E-state index contributed by atoms with van der Waals surface area (Å²) in [7, 11) is 0. The first-order valence-electron chi connectivity index (χ1n) is 10.1. The molecule has 0 atom stereocenters. The van der Waals surface area contributed by atoms with Crippen LogP contribution in [0.15, 0.2) is 24.5 Å². The average Bonchev–Trinajstić information content (AvgIpc) is 3.03. The SMILES string of the molecule is Cc1nc(C(=O)N2CCN(c3ncccn3)CC2)cc(N2CCCCCC2)n1. The zero-order valence-corrected chi connectivity index (χ0v) is 16.4. The molecular weight excluding hydrogens is 354 g/mol. The van der Waals surface area contributed by atoms with Crippen molar-refractivity contribution in [3.63, 3.8) is 0 Å². The minimum Gasteiger partial charge on any atom is -0.356 e. The Hall–Kier alpha value is -2.77. The third kappa shape index (κ3) is 4.21. The lowest BCUT2D eigenvalue weighted by atomic mass is 10.2. The fourth-order valence-electron chi connectivity index (χ4n) is 3.85. The van der Waals surface area contributed by atoms with Gasteiger partial charge >= 0.3 is 0 Å². The zero-order valence-electron chi connectivity index (χ0n) is 16.4. The van der Waals surface area contributed by atoms with Crippen molar-refractivity contribution in [3.8, 4) is 0 Å². The van der Waals surface area contributed by atoms with E-state index in [0.29, 0.717) is 24.6 Å². The van der Waals surface area contributed by atoms with Crippen LogP contribution in [0.1, 0.15) is 42.0 Å². The molecule has 28 heavy (non-hydrogen) atoms. The highest BCUT2D eigenvalue weighted by atomic mass is 16.2. The van der Waals surface area contributed by atoms with Crippen LogP contribution in [0.3, 0.4) is 0 Å². The van der Waals surface area contributed by atoms with Gasteiger partial charge in [-0.3, -0.25) is 4.79 Å². The highest BCUT2D eigenvalue weighted by Gasteiger charge is 2.25. The Balaban J connectivity index is 1.45.